The van der Waals surface area contributed by atoms with Gasteiger partial charge in [-0.25, -0.2) is 4.99 Å². The SMILES string of the molecule is CCNC(=NCc1cc(OC)c(OCC)c(OC)c1)NCC(C)c1ccsc1.I. The Morgan fingerprint density at radius 2 is 1.83 bits per heavy atom. The standard InChI is InChI=1S/C21H31N3O3S.HI/c1-6-22-21(23-12-15(3)17-8-9-28-14-17)24-13-16-10-18(25-4)20(27-7-2)19(11-16)26-5;/h8-11,14-15H,6-7,12-13H2,1-5H3,(H2,22,23,24);1H. The minimum Gasteiger partial charge on any atom is -0.493 e. The van der Waals surface area contributed by atoms with E-state index in [4.69, 9.17) is 19.2 Å². The molecule has 29 heavy (non-hydrogen) atoms. The third kappa shape index (κ3) is 7.58. The Bertz CT molecular complexity index is 729. The van der Waals surface area contributed by atoms with Crippen LogP contribution in [-0.2, 0) is 6.54 Å². The van der Waals surface area contributed by atoms with Crippen LogP contribution < -0.4 is 24.8 Å². The summed E-state index contributed by atoms with van der Waals surface area (Å²) in [5, 5.41) is 11.0. The predicted molar refractivity (Wildman–Crippen MR) is 132 cm³/mol. The van der Waals surface area contributed by atoms with Crippen molar-refractivity contribution in [1.82, 2.24) is 10.6 Å². The molecule has 0 spiro atoms. The minimum absolute atomic E-state index is 0. The molecule has 8 heteroatoms. The van der Waals surface area contributed by atoms with E-state index >= 15 is 0 Å². The van der Waals surface area contributed by atoms with Gasteiger partial charge in [0.1, 0.15) is 0 Å². The van der Waals surface area contributed by atoms with Gasteiger partial charge in [0.25, 0.3) is 0 Å². The molecule has 1 aromatic carbocycles. The van der Waals surface area contributed by atoms with Crippen LogP contribution in [-0.4, -0.2) is 39.9 Å². The number of rotatable bonds is 10. The van der Waals surface area contributed by atoms with Crippen LogP contribution in [0, 0.1) is 0 Å². The van der Waals surface area contributed by atoms with E-state index in [1.807, 2.05) is 19.1 Å². The Morgan fingerprint density at radius 1 is 1.14 bits per heavy atom. The van der Waals surface area contributed by atoms with Gasteiger partial charge in [-0.05, 0) is 59.9 Å². The maximum Gasteiger partial charge on any atom is 0.203 e. The normalized spacial score (nSPS) is 12.0. The number of nitrogens with one attached hydrogen (secondary N) is 2. The number of hydrogen-bond donors (Lipinski definition) is 2. The highest BCUT2D eigenvalue weighted by Crippen LogP contribution is 2.38. The average molecular weight is 533 g/mol. The number of ether oxygens (including phenoxy) is 3. The fraction of sp³-hybridized carbons (Fsp3) is 0.476. The van der Waals surface area contributed by atoms with Gasteiger partial charge in [-0.2, -0.15) is 11.3 Å². The molecule has 1 aromatic heterocycles. The van der Waals surface area contributed by atoms with Gasteiger partial charge in [-0.15, -0.1) is 24.0 Å². The van der Waals surface area contributed by atoms with Crippen LogP contribution in [0.15, 0.2) is 34.0 Å². The second-order valence-electron chi connectivity index (χ2n) is 6.30. The minimum atomic E-state index is 0. The van der Waals surface area contributed by atoms with E-state index < -0.39 is 0 Å². The van der Waals surface area contributed by atoms with E-state index in [-0.39, 0.29) is 24.0 Å². The van der Waals surface area contributed by atoms with E-state index in [1.165, 1.54) is 5.56 Å². The summed E-state index contributed by atoms with van der Waals surface area (Å²) in [5.74, 6) is 3.12. The molecule has 0 saturated heterocycles. The van der Waals surface area contributed by atoms with Crippen molar-refractivity contribution in [2.75, 3.05) is 33.9 Å². The smallest absolute Gasteiger partial charge is 0.203 e. The Morgan fingerprint density at radius 3 is 2.34 bits per heavy atom. The van der Waals surface area contributed by atoms with Crippen LogP contribution in [0.2, 0.25) is 0 Å². The Hall–Kier alpha value is -1.68. The van der Waals surface area contributed by atoms with Gasteiger partial charge in [-0.3, -0.25) is 0 Å². The van der Waals surface area contributed by atoms with Crippen molar-refractivity contribution in [2.45, 2.75) is 33.2 Å². The van der Waals surface area contributed by atoms with Gasteiger partial charge in [0, 0.05) is 13.1 Å². The van der Waals surface area contributed by atoms with Crippen molar-refractivity contribution in [1.29, 1.82) is 0 Å². The summed E-state index contributed by atoms with van der Waals surface area (Å²) in [6, 6.07) is 6.04. The van der Waals surface area contributed by atoms with Gasteiger partial charge in [0.2, 0.25) is 5.75 Å². The van der Waals surface area contributed by atoms with Crippen LogP contribution in [0.1, 0.15) is 37.8 Å². The Balaban J connectivity index is 0.00000420. The van der Waals surface area contributed by atoms with Crippen LogP contribution in [0.3, 0.4) is 0 Å². The molecule has 6 nitrogen and oxygen atoms in total. The molecule has 0 fully saturated rings. The monoisotopic (exact) mass is 533 g/mol. The van der Waals surface area contributed by atoms with Crippen LogP contribution in [0.4, 0.5) is 0 Å². The molecule has 0 aliphatic heterocycles. The summed E-state index contributed by atoms with van der Waals surface area (Å²) >= 11 is 1.72. The maximum absolute atomic E-state index is 5.66. The molecule has 0 bridgehead atoms. The fourth-order valence-corrected chi connectivity index (χ4v) is 3.53. The lowest BCUT2D eigenvalue weighted by Crippen LogP contribution is -2.39. The van der Waals surface area contributed by atoms with Crippen LogP contribution in [0.5, 0.6) is 17.2 Å². The topological polar surface area (TPSA) is 64.1 Å². The molecule has 0 radical (unpaired) electrons. The summed E-state index contributed by atoms with van der Waals surface area (Å²) in [6.07, 6.45) is 0. The van der Waals surface area contributed by atoms with Crippen LogP contribution >= 0.6 is 35.3 Å². The summed E-state index contributed by atoms with van der Waals surface area (Å²) in [7, 11) is 3.25. The van der Waals surface area contributed by atoms with Crippen molar-refractivity contribution >= 4 is 41.3 Å². The van der Waals surface area contributed by atoms with E-state index in [1.54, 1.807) is 25.6 Å². The molecule has 0 amide bonds. The van der Waals surface area contributed by atoms with Gasteiger partial charge < -0.3 is 24.8 Å². The number of methoxy groups -OCH3 is 2. The van der Waals surface area contributed by atoms with Crippen molar-refractivity contribution < 1.29 is 14.2 Å². The Kier molecular flexibility index (Phi) is 11.8. The first kappa shape index (κ1) is 25.4. The number of guanidine groups is 1. The quantitative estimate of drug-likeness (QED) is 0.265. The molecule has 1 heterocycles. The van der Waals surface area contributed by atoms with Gasteiger partial charge >= 0.3 is 0 Å². The number of nitrogens with zero attached hydrogens (tertiary/aromatic N) is 1. The lowest BCUT2D eigenvalue weighted by Gasteiger charge is -2.16. The molecule has 2 aromatic rings. The molecule has 2 rings (SSSR count). The molecule has 0 saturated carbocycles. The molecule has 0 aliphatic carbocycles. The van der Waals surface area contributed by atoms with E-state index in [2.05, 4.69) is 41.3 Å². The molecule has 0 aliphatic rings. The number of aliphatic imine (C=N–C) groups is 1. The second kappa shape index (κ2) is 13.5. The number of thiophene rings is 1. The summed E-state index contributed by atoms with van der Waals surface area (Å²) in [6.45, 7) is 8.86. The van der Waals surface area contributed by atoms with Gasteiger partial charge in [-0.1, -0.05) is 6.92 Å². The third-order valence-electron chi connectivity index (χ3n) is 4.26. The van der Waals surface area contributed by atoms with Crippen molar-refractivity contribution in [3.63, 3.8) is 0 Å². The van der Waals surface area contributed by atoms with E-state index in [0.29, 0.717) is 36.3 Å². The first-order valence-electron chi connectivity index (χ1n) is 9.54. The molecule has 2 N–H and O–H groups in total. The third-order valence-corrected chi connectivity index (χ3v) is 4.96. The van der Waals surface area contributed by atoms with Crippen molar-refractivity contribution in [3.8, 4) is 17.2 Å². The molecule has 1 atom stereocenters. The maximum atomic E-state index is 5.66. The van der Waals surface area contributed by atoms with Crippen LogP contribution in [0.25, 0.3) is 0 Å². The summed E-state index contributed by atoms with van der Waals surface area (Å²) in [4.78, 5) is 4.71. The highest BCUT2D eigenvalue weighted by Gasteiger charge is 2.14. The zero-order valence-electron chi connectivity index (χ0n) is 17.8. The molecular weight excluding hydrogens is 501 g/mol. The largest absolute Gasteiger partial charge is 0.493 e. The van der Waals surface area contributed by atoms with E-state index in [0.717, 1.165) is 24.6 Å². The Labute approximate surface area is 195 Å². The zero-order valence-corrected chi connectivity index (χ0v) is 20.9. The lowest BCUT2D eigenvalue weighted by molar-refractivity contribution is 0.288. The average Bonchev–Trinajstić information content (AvgIpc) is 3.25. The molecule has 162 valence electrons. The summed E-state index contributed by atoms with van der Waals surface area (Å²) in [5.41, 5.74) is 2.33. The van der Waals surface area contributed by atoms with Gasteiger partial charge in [0.15, 0.2) is 17.5 Å². The lowest BCUT2D eigenvalue weighted by atomic mass is 10.1. The van der Waals surface area contributed by atoms with Crippen molar-refractivity contribution in [2.24, 2.45) is 4.99 Å². The molecular formula is C21H32IN3O3S. The van der Waals surface area contributed by atoms with E-state index in [9.17, 15) is 0 Å². The summed E-state index contributed by atoms with van der Waals surface area (Å²) < 4.78 is 16.6. The highest BCUT2D eigenvalue weighted by atomic mass is 127. The number of benzene rings is 1. The number of hydrogen-bond acceptors (Lipinski definition) is 5. The first-order valence-corrected chi connectivity index (χ1v) is 10.5. The first-order chi connectivity index (χ1) is 13.6. The second-order valence-corrected chi connectivity index (χ2v) is 7.08. The predicted octanol–water partition coefficient (Wildman–Crippen LogP) is 4.64. The zero-order chi connectivity index (χ0) is 20.4. The number of halogens is 1. The van der Waals surface area contributed by atoms with Gasteiger partial charge in [0.05, 0.1) is 27.4 Å². The highest BCUT2D eigenvalue weighted by molar-refractivity contribution is 14.0. The van der Waals surface area contributed by atoms with Crippen molar-refractivity contribution in [3.05, 3.63) is 40.1 Å². The fourth-order valence-electron chi connectivity index (χ4n) is 2.75. The molecule has 1 unspecified atom stereocenters.